The Morgan fingerprint density at radius 1 is 1.36 bits per heavy atom. The molecule has 0 atom stereocenters. The molecule has 1 aliphatic rings. The molecule has 1 aliphatic heterocycles. The van der Waals surface area contributed by atoms with Crippen molar-refractivity contribution in [2.24, 2.45) is 0 Å². The maximum atomic E-state index is 11.0. The zero-order chi connectivity index (χ0) is 8.70. The first-order valence-corrected chi connectivity index (χ1v) is 6.17. The first-order valence-electron chi connectivity index (χ1n) is 4.01. The van der Waals surface area contributed by atoms with Gasteiger partial charge in [-0.2, -0.15) is 0 Å². The zero-order valence-corrected chi connectivity index (χ0v) is 8.32. The third kappa shape index (κ3) is 1.18. The van der Waals surface area contributed by atoms with E-state index in [0.717, 1.165) is 18.7 Å². The van der Waals surface area contributed by atoms with E-state index in [4.69, 9.17) is 5.11 Å². The number of carbonyl (C=O) groups is 1. The third-order valence-electron chi connectivity index (χ3n) is 2.73. The fourth-order valence-electron chi connectivity index (χ4n) is 1.62. The van der Waals surface area contributed by atoms with Gasteiger partial charge in [0, 0.05) is 6.42 Å². The van der Waals surface area contributed by atoms with Gasteiger partial charge < -0.3 is 5.11 Å². The van der Waals surface area contributed by atoms with Gasteiger partial charge in [-0.25, -0.2) is 4.79 Å². The van der Waals surface area contributed by atoms with E-state index >= 15 is 0 Å². The van der Waals surface area contributed by atoms with Crippen molar-refractivity contribution in [2.45, 2.75) is 32.3 Å². The molecule has 0 bridgehead atoms. The zero-order valence-electron chi connectivity index (χ0n) is 7.42. The molecule has 0 aromatic carbocycles. The summed E-state index contributed by atoms with van der Waals surface area (Å²) in [6.07, 6.45) is 3.05. The Labute approximate surface area is 68.3 Å². The van der Waals surface area contributed by atoms with Crippen LogP contribution in [0.25, 0.3) is 0 Å². The molecular weight excluding hydrogens is 159 g/mol. The number of carboxylic acid groups (broad SMARTS) is 1. The molecule has 0 aromatic rings. The minimum atomic E-state index is -1.61. The minimum absolute atomic E-state index is 0.0249. The van der Waals surface area contributed by atoms with Crippen LogP contribution < -0.4 is 0 Å². The molecule has 0 spiro atoms. The van der Waals surface area contributed by atoms with Gasteiger partial charge in [-0.15, -0.1) is 0 Å². The van der Waals surface area contributed by atoms with Crippen LogP contribution in [0.5, 0.6) is 0 Å². The summed E-state index contributed by atoms with van der Waals surface area (Å²) in [6.45, 7) is 6.19. The number of hydrogen-bond donors (Lipinski definition) is 1. The second kappa shape index (κ2) is 2.45. The highest BCUT2D eigenvalue weighted by molar-refractivity contribution is 7.92. The fourth-order valence-corrected chi connectivity index (χ4v) is 4.87. The van der Waals surface area contributed by atoms with Gasteiger partial charge in [0.2, 0.25) is 0 Å². The molecule has 11 heavy (non-hydrogen) atoms. The Morgan fingerprint density at radius 3 is 1.82 bits per heavy atom. The van der Waals surface area contributed by atoms with Crippen molar-refractivity contribution >= 4 is 13.0 Å². The van der Waals surface area contributed by atoms with E-state index in [0.29, 0.717) is 0 Å². The molecule has 0 amide bonds. The van der Waals surface area contributed by atoms with E-state index in [1.165, 1.54) is 0 Å². The molecular formula is C8H16O2P+. The molecule has 0 radical (unpaired) electrons. The van der Waals surface area contributed by atoms with Crippen LogP contribution in [0.15, 0.2) is 0 Å². The normalized spacial score (nSPS) is 22.5. The van der Waals surface area contributed by atoms with Gasteiger partial charge in [-0.05, 0) is 20.8 Å². The van der Waals surface area contributed by atoms with Gasteiger partial charge in [0.25, 0.3) is 0 Å². The topological polar surface area (TPSA) is 37.3 Å². The largest absolute Gasteiger partial charge is 0.452 e. The highest BCUT2D eigenvalue weighted by Gasteiger charge is 2.61. The summed E-state index contributed by atoms with van der Waals surface area (Å²) in [5.41, 5.74) is -0.503. The van der Waals surface area contributed by atoms with E-state index < -0.39 is 13.0 Å². The SMILES string of the molecule is CC(C)(C)[P+]1(C(=O)O)CCC1. The Bertz CT molecular complexity index is 177. The summed E-state index contributed by atoms with van der Waals surface area (Å²) >= 11 is 0. The smallest absolute Gasteiger partial charge is 0.448 e. The molecule has 1 N–H and O–H groups in total. The van der Waals surface area contributed by atoms with Crippen LogP contribution >= 0.6 is 7.26 Å². The number of rotatable bonds is 1. The quantitative estimate of drug-likeness (QED) is 0.622. The second-order valence-corrected chi connectivity index (χ2v) is 8.78. The minimum Gasteiger partial charge on any atom is -0.452 e. The second-order valence-electron chi connectivity index (χ2n) is 4.22. The Kier molecular flexibility index (Phi) is 2.00. The van der Waals surface area contributed by atoms with Crippen molar-refractivity contribution in [2.75, 3.05) is 12.3 Å². The Hall–Kier alpha value is -0.100. The lowest BCUT2D eigenvalue weighted by Gasteiger charge is -2.39. The number of hydrogen-bond acceptors (Lipinski definition) is 1. The van der Waals surface area contributed by atoms with E-state index in [1.54, 1.807) is 0 Å². The van der Waals surface area contributed by atoms with E-state index in [2.05, 4.69) is 20.8 Å². The van der Waals surface area contributed by atoms with Crippen LogP contribution in [0.2, 0.25) is 0 Å². The van der Waals surface area contributed by atoms with Crippen LogP contribution in [-0.2, 0) is 0 Å². The van der Waals surface area contributed by atoms with Gasteiger partial charge in [0.15, 0.2) is 0 Å². The standard InChI is InChI=1S/C8H15O2P/c1-8(2,3)11(7(9)10)5-4-6-11/h4-6H2,1-3H3/p+1. The average Bonchev–Trinajstić information content (AvgIpc) is 1.52. The van der Waals surface area contributed by atoms with Crippen LogP contribution in [0.1, 0.15) is 27.2 Å². The van der Waals surface area contributed by atoms with Crippen LogP contribution in [0.3, 0.4) is 0 Å². The van der Waals surface area contributed by atoms with Crippen molar-refractivity contribution in [1.82, 2.24) is 0 Å². The lowest BCUT2D eigenvalue weighted by atomic mass is 10.3. The van der Waals surface area contributed by atoms with Crippen LogP contribution in [0.4, 0.5) is 4.79 Å². The highest BCUT2D eigenvalue weighted by Crippen LogP contribution is 2.75. The first kappa shape index (κ1) is 8.99. The molecule has 1 fully saturated rings. The van der Waals surface area contributed by atoms with Crippen molar-refractivity contribution < 1.29 is 9.90 Å². The van der Waals surface area contributed by atoms with E-state index in [9.17, 15) is 4.79 Å². The van der Waals surface area contributed by atoms with Crippen molar-refractivity contribution in [3.63, 3.8) is 0 Å². The average molecular weight is 175 g/mol. The molecule has 0 aromatic heterocycles. The monoisotopic (exact) mass is 175 g/mol. The van der Waals surface area contributed by atoms with E-state index in [1.807, 2.05) is 0 Å². The lowest BCUT2D eigenvalue weighted by molar-refractivity contribution is 0.219. The molecule has 0 saturated carbocycles. The summed E-state index contributed by atoms with van der Waals surface area (Å²) in [6, 6.07) is 0. The summed E-state index contributed by atoms with van der Waals surface area (Å²) in [7, 11) is -1.61. The molecule has 1 rings (SSSR count). The van der Waals surface area contributed by atoms with Gasteiger partial charge in [-0.3, -0.25) is 0 Å². The van der Waals surface area contributed by atoms with Gasteiger partial charge in [-0.1, -0.05) is 0 Å². The lowest BCUT2D eigenvalue weighted by Crippen LogP contribution is -2.36. The molecule has 2 nitrogen and oxygen atoms in total. The summed E-state index contributed by atoms with van der Waals surface area (Å²) in [5, 5.41) is 9.09. The predicted octanol–water partition coefficient (Wildman–Crippen LogP) is 2.88. The Morgan fingerprint density at radius 2 is 1.82 bits per heavy atom. The highest BCUT2D eigenvalue weighted by atomic mass is 31.2. The molecule has 64 valence electrons. The van der Waals surface area contributed by atoms with E-state index in [-0.39, 0.29) is 5.16 Å². The summed E-state index contributed by atoms with van der Waals surface area (Å²) in [5.74, 6) is 0. The fraction of sp³-hybridized carbons (Fsp3) is 0.875. The summed E-state index contributed by atoms with van der Waals surface area (Å²) < 4.78 is 0. The maximum Gasteiger partial charge on any atom is 0.448 e. The molecule has 3 heteroatoms. The van der Waals surface area contributed by atoms with Crippen molar-refractivity contribution in [3.8, 4) is 0 Å². The molecule has 0 unspecified atom stereocenters. The Balaban J connectivity index is 2.85. The maximum absolute atomic E-state index is 11.0. The van der Waals surface area contributed by atoms with Gasteiger partial charge >= 0.3 is 5.71 Å². The van der Waals surface area contributed by atoms with Crippen molar-refractivity contribution in [1.29, 1.82) is 0 Å². The predicted molar refractivity (Wildman–Crippen MR) is 49.0 cm³/mol. The molecule has 0 aliphatic carbocycles. The van der Waals surface area contributed by atoms with Crippen molar-refractivity contribution in [3.05, 3.63) is 0 Å². The van der Waals surface area contributed by atoms with Gasteiger partial charge in [0.1, 0.15) is 7.26 Å². The third-order valence-corrected chi connectivity index (χ3v) is 8.19. The first-order chi connectivity index (χ1) is 4.90. The summed E-state index contributed by atoms with van der Waals surface area (Å²) in [4.78, 5) is 11.0. The van der Waals surface area contributed by atoms with Crippen LogP contribution in [-0.4, -0.2) is 28.3 Å². The molecule has 1 saturated heterocycles. The van der Waals surface area contributed by atoms with Crippen LogP contribution in [0, 0.1) is 0 Å². The molecule has 1 heterocycles. The van der Waals surface area contributed by atoms with Gasteiger partial charge in [0.05, 0.1) is 17.5 Å².